The molecular weight excluding hydrogens is 1030 g/mol. The van der Waals surface area contributed by atoms with Gasteiger partial charge in [0.25, 0.3) is 0 Å². The smallest absolute Gasteiger partial charge is 0.323 e. The topological polar surface area (TPSA) is 265 Å². The normalized spacial score (nSPS) is 15.9. The third-order valence-electron chi connectivity index (χ3n) is 14.3. The van der Waals surface area contributed by atoms with Gasteiger partial charge in [0.2, 0.25) is 6.08 Å². The Kier molecular flexibility index (Phi) is 16.9. The standard InChI is InChI=1S/C27H27Cl2N3O5.C20H24N2O4.C7H3Cl2NO/c1-32-5-4-13-6-14(10-33)18(12-35)24-23(13)22(32)9-17-21(7-15(11-34)26(36)25(17)24)31-27(37)30-16-2-3-19(28)20(29)8-16;1-22-3-2-10-4-11(7-23)14(9-25)18-17(10)16(22)6-13-15(21)5-12(8-24)20(26)19(13)18;8-6-2-1-5(10-4-11)3-7(6)9/h2-3,6-8,22,33-36H,4-5,9-12H2,1H3,(H2,30,31,37);4-5,16,23-26H,2-3,6-9,21H2,1H3;1-3H. The van der Waals surface area contributed by atoms with Crippen LogP contribution in [0.1, 0.15) is 78.8 Å². The molecular formula is C54H54Cl4N6O10. The Morgan fingerprint density at radius 2 is 1.11 bits per heavy atom. The number of rotatable bonds is 9. The van der Waals surface area contributed by atoms with E-state index in [-0.39, 0.29) is 62.2 Å². The molecule has 20 heteroatoms. The van der Waals surface area contributed by atoms with Crippen molar-refractivity contribution in [1.29, 1.82) is 0 Å². The zero-order chi connectivity index (χ0) is 53.3. The van der Waals surface area contributed by atoms with Crippen molar-refractivity contribution in [2.45, 2.75) is 77.4 Å². The molecule has 2 atom stereocenters. The van der Waals surface area contributed by atoms with Gasteiger partial charge in [-0.15, -0.1) is 0 Å². The average molecular weight is 1090 g/mol. The first kappa shape index (κ1) is 54.5. The van der Waals surface area contributed by atoms with Crippen LogP contribution in [0.2, 0.25) is 20.1 Å². The largest absolute Gasteiger partial charge is 0.507 e. The summed E-state index contributed by atoms with van der Waals surface area (Å²) in [4.78, 5) is 30.6. The lowest BCUT2D eigenvalue weighted by Gasteiger charge is -2.42. The molecule has 0 saturated heterocycles. The van der Waals surface area contributed by atoms with Crippen molar-refractivity contribution in [3.63, 3.8) is 0 Å². The Morgan fingerprint density at radius 3 is 1.59 bits per heavy atom. The number of hydrogen-bond acceptors (Lipinski definition) is 14. The number of benzene rings is 6. The highest BCUT2D eigenvalue weighted by atomic mass is 35.5. The summed E-state index contributed by atoms with van der Waals surface area (Å²) in [7, 11) is 4.09. The van der Waals surface area contributed by atoms with E-state index in [1.54, 1.807) is 36.4 Å². The van der Waals surface area contributed by atoms with Crippen LogP contribution in [0.15, 0.2) is 65.7 Å². The lowest BCUT2D eigenvalue weighted by molar-refractivity contribution is 0.225. The lowest BCUT2D eigenvalue weighted by atomic mass is 9.73. The summed E-state index contributed by atoms with van der Waals surface area (Å²) in [5.74, 6) is -0.0954. The molecule has 2 heterocycles. The van der Waals surface area contributed by atoms with Crippen molar-refractivity contribution in [3.8, 4) is 33.8 Å². The first-order valence-electron chi connectivity index (χ1n) is 23.5. The van der Waals surface area contributed by atoms with Gasteiger partial charge in [-0.25, -0.2) is 9.59 Å². The number of aliphatic hydroxyl groups excluding tert-OH is 6. The molecule has 0 fully saturated rings. The number of nitrogens with zero attached hydrogens (tertiary/aromatic N) is 3. The number of phenols is 2. The molecule has 6 aromatic carbocycles. The summed E-state index contributed by atoms with van der Waals surface area (Å²) in [6.45, 7) is -0.0846. The minimum atomic E-state index is -0.537. The van der Waals surface area contributed by atoms with E-state index in [0.29, 0.717) is 106 Å². The summed E-state index contributed by atoms with van der Waals surface area (Å²) in [6, 6.07) is 16.0. The first-order valence-corrected chi connectivity index (χ1v) is 25.0. The van der Waals surface area contributed by atoms with Crippen LogP contribution in [0.25, 0.3) is 22.3 Å². The van der Waals surface area contributed by atoms with Gasteiger partial charge >= 0.3 is 6.03 Å². The van der Waals surface area contributed by atoms with E-state index >= 15 is 0 Å². The van der Waals surface area contributed by atoms with Crippen molar-refractivity contribution >= 4 is 81.3 Å². The van der Waals surface area contributed by atoms with Gasteiger partial charge in [0, 0.05) is 64.5 Å². The third kappa shape index (κ3) is 10.3. The van der Waals surface area contributed by atoms with E-state index in [1.165, 1.54) is 18.2 Å². The number of aliphatic hydroxyl groups is 6. The first-order chi connectivity index (χ1) is 35.5. The number of fused-ring (bicyclic) bond motifs is 4. The summed E-state index contributed by atoms with van der Waals surface area (Å²) in [5, 5.41) is 89.2. The number of nitrogens with one attached hydrogen (secondary N) is 2. The molecule has 2 aliphatic carbocycles. The predicted octanol–water partition coefficient (Wildman–Crippen LogP) is 8.74. The predicted molar refractivity (Wildman–Crippen MR) is 286 cm³/mol. The number of aromatic hydroxyl groups is 2. The molecule has 2 unspecified atom stereocenters. The Hall–Kier alpha value is -5.79. The molecule has 74 heavy (non-hydrogen) atoms. The summed E-state index contributed by atoms with van der Waals surface area (Å²) >= 11 is 23.3. The highest BCUT2D eigenvalue weighted by Crippen LogP contribution is 2.55. The molecule has 0 aromatic heterocycles. The van der Waals surface area contributed by atoms with Gasteiger partial charge in [0.15, 0.2) is 0 Å². The molecule has 4 aliphatic rings. The lowest BCUT2D eigenvalue weighted by Crippen LogP contribution is -2.36. The van der Waals surface area contributed by atoms with E-state index in [0.717, 1.165) is 59.3 Å². The molecule has 16 nitrogen and oxygen atoms in total. The fourth-order valence-electron chi connectivity index (χ4n) is 10.7. The van der Waals surface area contributed by atoms with Gasteiger partial charge < -0.3 is 57.2 Å². The minimum absolute atomic E-state index is 0.00960. The molecule has 0 spiro atoms. The molecule has 12 N–H and O–H groups in total. The van der Waals surface area contributed by atoms with Crippen molar-refractivity contribution in [3.05, 3.63) is 148 Å². The van der Waals surface area contributed by atoms with E-state index in [4.69, 9.17) is 52.1 Å². The monoisotopic (exact) mass is 1090 g/mol. The number of nitrogen functional groups attached to an aromatic ring is 1. The van der Waals surface area contributed by atoms with E-state index in [2.05, 4.69) is 32.5 Å². The highest BCUT2D eigenvalue weighted by molar-refractivity contribution is 6.42. The fourth-order valence-corrected chi connectivity index (χ4v) is 11.3. The van der Waals surface area contributed by atoms with E-state index in [1.807, 2.05) is 19.2 Å². The van der Waals surface area contributed by atoms with Gasteiger partial charge in [0.1, 0.15) is 11.5 Å². The molecule has 388 valence electrons. The van der Waals surface area contributed by atoms with Crippen LogP contribution in [0.3, 0.4) is 0 Å². The second-order valence-electron chi connectivity index (χ2n) is 18.4. The fraction of sp³-hybridized carbons (Fsp3) is 0.296. The number of carbonyl (C=O) groups excluding carboxylic acids is 2. The Bertz CT molecular complexity index is 3240. The second kappa shape index (κ2) is 23.0. The number of nitrogens with two attached hydrogens (primary N) is 1. The maximum Gasteiger partial charge on any atom is 0.323 e. The maximum atomic E-state index is 13.0. The number of hydrogen-bond donors (Lipinski definition) is 11. The van der Waals surface area contributed by atoms with Gasteiger partial charge in [-0.1, -0.05) is 58.5 Å². The highest BCUT2D eigenvalue weighted by Gasteiger charge is 2.40. The molecule has 0 radical (unpaired) electrons. The Morgan fingerprint density at radius 1 is 0.622 bits per heavy atom. The third-order valence-corrected chi connectivity index (χ3v) is 15.8. The molecule has 0 bridgehead atoms. The number of anilines is 3. The number of aliphatic imine (C=N–C) groups is 1. The average Bonchev–Trinajstić information content (AvgIpc) is 3.40. The number of isocyanates is 1. The summed E-state index contributed by atoms with van der Waals surface area (Å²) in [6.07, 6.45) is 4.18. The van der Waals surface area contributed by atoms with Crippen LogP contribution in [0, 0.1) is 0 Å². The van der Waals surface area contributed by atoms with Crippen LogP contribution in [0.4, 0.5) is 27.5 Å². The Balaban J connectivity index is 0.000000170. The summed E-state index contributed by atoms with van der Waals surface area (Å²) in [5.41, 5.74) is 19.4. The number of urea groups is 1. The van der Waals surface area contributed by atoms with Crippen LogP contribution in [0.5, 0.6) is 11.5 Å². The summed E-state index contributed by atoms with van der Waals surface area (Å²) < 4.78 is 0. The van der Waals surface area contributed by atoms with Crippen LogP contribution >= 0.6 is 46.4 Å². The van der Waals surface area contributed by atoms with Gasteiger partial charge in [-0.3, -0.25) is 9.80 Å². The number of carbonyl (C=O) groups is 1. The van der Waals surface area contributed by atoms with Crippen molar-refractivity contribution in [1.82, 2.24) is 9.80 Å². The van der Waals surface area contributed by atoms with Gasteiger partial charge in [-0.05, 0) is 155 Å². The zero-order valence-electron chi connectivity index (χ0n) is 40.2. The molecule has 10 rings (SSSR count). The number of halogens is 4. The van der Waals surface area contributed by atoms with Crippen molar-refractivity contribution in [2.24, 2.45) is 4.99 Å². The van der Waals surface area contributed by atoms with Crippen LogP contribution < -0.4 is 16.4 Å². The number of amides is 2. The maximum absolute atomic E-state index is 13.0. The van der Waals surface area contributed by atoms with Gasteiger partial charge in [0.05, 0.1) is 65.4 Å². The van der Waals surface area contributed by atoms with Crippen LogP contribution in [-0.2, 0) is 70.1 Å². The Labute approximate surface area is 446 Å². The minimum Gasteiger partial charge on any atom is -0.507 e. The van der Waals surface area contributed by atoms with Crippen molar-refractivity contribution < 1.29 is 50.4 Å². The SMILES string of the molecule is CN1CCc2cc(CO)c(CO)c3c2C1Cc1c(N)cc(CO)c(O)c1-3.CN1CCc2cc(CO)c(CO)c3c2C1Cc1c(NC(=O)Nc2ccc(Cl)c(Cl)c2)cc(CO)c(O)c1-3.O=C=Nc1ccc(Cl)c(Cl)c1. The van der Waals surface area contributed by atoms with Crippen LogP contribution in [-0.4, -0.2) is 89.9 Å². The zero-order valence-corrected chi connectivity index (χ0v) is 43.3. The quantitative estimate of drug-likeness (QED) is 0.0280. The van der Waals surface area contributed by atoms with E-state index < -0.39 is 12.6 Å². The molecule has 6 aromatic rings. The molecule has 2 aliphatic heterocycles. The molecule has 0 saturated carbocycles. The number of likely N-dealkylation sites (N-methyl/N-ethyl adjacent to an activating group) is 2. The van der Waals surface area contributed by atoms with Crippen molar-refractivity contribution in [2.75, 3.05) is 43.6 Å². The van der Waals surface area contributed by atoms with E-state index in [9.17, 15) is 50.4 Å². The van der Waals surface area contributed by atoms with Gasteiger partial charge in [-0.2, -0.15) is 4.99 Å². The second-order valence-corrected chi connectivity index (χ2v) is 20.0. The molecule has 2 amide bonds.